The van der Waals surface area contributed by atoms with Crippen molar-refractivity contribution in [1.29, 1.82) is 0 Å². The van der Waals surface area contributed by atoms with Crippen LogP contribution in [0.4, 0.5) is 4.39 Å². The van der Waals surface area contributed by atoms with Crippen LogP contribution < -0.4 is 0 Å². The van der Waals surface area contributed by atoms with Crippen LogP contribution in [0.25, 0.3) is 0 Å². The first-order valence-corrected chi connectivity index (χ1v) is 3.19. The van der Waals surface area contributed by atoms with Crippen LogP contribution in [0.2, 0.25) is 0 Å². The van der Waals surface area contributed by atoms with Gasteiger partial charge in [0.25, 0.3) is 0 Å². The van der Waals surface area contributed by atoms with Gasteiger partial charge in [-0.25, -0.2) is 4.39 Å². The molecular weight excluding hydrogens is 135 g/mol. The molecular formula is C7H7FS. The number of alkyl halides is 1. The third-order valence-electron chi connectivity index (χ3n) is 1.07. The first-order valence-electron chi connectivity index (χ1n) is 2.68. The van der Waals surface area contributed by atoms with E-state index in [0.29, 0.717) is 5.56 Å². The largest absolute Gasteiger partial charge is 0.231 e. The highest BCUT2D eigenvalue weighted by Crippen LogP contribution is 2.19. The van der Waals surface area contributed by atoms with Gasteiger partial charge in [-0.15, -0.1) is 12.6 Å². The summed E-state index contributed by atoms with van der Waals surface area (Å²) in [5, 5.41) is 0. The molecule has 0 spiro atoms. The Morgan fingerprint density at radius 3 is 2.11 bits per heavy atom. The van der Waals surface area contributed by atoms with Crippen molar-refractivity contribution < 1.29 is 4.39 Å². The van der Waals surface area contributed by atoms with E-state index in [1.165, 1.54) is 0 Å². The van der Waals surface area contributed by atoms with Gasteiger partial charge in [0.2, 0.25) is 0 Å². The number of halogens is 1. The Hall–Kier alpha value is -0.500. The zero-order valence-corrected chi connectivity index (χ0v) is 5.68. The number of hydrogen-bond donors (Lipinski definition) is 1. The molecule has 0 saturated carbocycles. The van der Waals surface area contributed by atoms with Gasteiger partial charge in [0, 0.05) is 0 Å². The lowest BCUT2D eigenvalue weighted by Gasteiger charge is -1.97. The van der Waals surface area contributed by atoms with Gasteiger partial charge < -0.3 is 0 Å². The average Bonchev–Trinajstić information content (AvgIpc) is 1.90. The van der Waals surface area contributed by atoms with Gasteiger partial charge in [0.05, 0.1) is 0 Å². The van der Waals surface area contributed by atoms with Crippen LogP contribution in [-0.2, 0) is 0 Å². The molecule has 0 aliphatic carbocycles. The second-order valence-corrected chi connectivity index (χ2v) is 2.20. The normalized spacial score (nSPS) is 13.1. The van der Waals surface area contributed by atoms with Crippen LogP contribution in [-0.4, -0.2) is 0 Å². The van der Waals surface area contributed by atoms with E-state index in [0.717, 1.165) is 0 Å². The van der Waals surface area contributed by atoms with Gasteiger partial charge in [-0.1, -0.05) is 30.3 Å². The molecule has 0 radical (unpaired) electrons. The number of rotatable bonds is 1. The van der Waals surface area contributed by atoms with Crippen molar-refractivity contribution in [1.82, 2.24) is 0 Å². The van der Waals surface area contributed by atoms with Crippen molar-refractivity contribution >= 4 is 12.6 Å². The summed E-state index contributed by atoms with van der Waals surface area (Å²) >= 11 is 3.62. The number of hydrogen-bond acceptors (Lipinski definition) is 1. The van der Waals surface area contributed by atoms with E-state index in [-0.39, 0.29) is 0 Å². The second-order valence-electron chi connectivity index (χ2n) is 1.75. The van der Waals surface area contributed by atoms with E-state index in [4.69, 9.17) is 0 Å². The lowest BCUT2D eigenvalue weighted by atomic mass is 10.2. The number of thiol groups is 1. The van der Waals surface area contributed by atoms with Crippen molar-refractivity contribution in [3.63, 3.8) is 0 Å². The van der Waals surface area contributed by atoms with Gasteiger partial charge in [-0.3, -0.25) is 0 Å². The Balaban J connectivity index is 2.85. The van der Waals surface area contributed by atoms with E-state index in [1.807, 2.05) is 6.07 Å². The molecule has 0 nitrogen and oxygen atoms in total. The van der Waals surface area contributed by atoms with Crippen LogP contribution in [0, 0.1) is 0 Å². The van der Waals surface area contributed by atoms with Crippen molar-refractivity contribution in [2.45, 2.75) is 5.50 Å². The van der Waals surface area contributed by atoms with Crippen LogP contribution >= 0.6 is 12.6 Å². The van der Waals surface area contributed by atoms with E-state index in [9.17, 15) is 4.39 Å². The minimum atomic E-state index is -1.15. The summed E-state index contributed by atoms with van der Waals surface area (Å²) in [5.41, 5.74) is -0.535. The summed E-state index contributed by atoms with van der Waals surface area (Å²) in [4.78, 5) is 0. The molecule has 0 aromatic heterocycles. The molecule has 1 rings (SSSR count). The lowest BCUT2D eigenvalue weighted by molar-refractivity contribution is 0.473. The number of benzene rings is 1. The summed E-state index contributed by atoms with van der Waals surface area (Å²) in [6.07, 6.45) is 0. The van der Waals surface area contributed by atoms with Crippen LogP contribution in [0.5, 0.6) is 0 Å². The topological polar surface area (TPSA) is 0 Å². The minimum absolute atomic E-state index is 0.612. The highest BCUT2D eigenvalue weighted by atomic mass is 32.1. The minimum Gasteiger partial charge on any atom is -0.231 e. The smallest absolute Gasteiger partial charge is 0.168 e. The molecule has 1 aromatic rings. The Bertz CT molecular complexity index is 172. The Kier molecular flexibility index (Phi) is 2.11. The molecule has 0 heterocycles. The summed E-state index contributed by atoms with van der Waals surface area (Å²) in [6, 6.07) is 8.84. The fourth-order valence-corrected chi connectivity index (χ4v) is 0.784. The molecule has 1 aromatic carbocycles. The summed E-state index contributed by atoms with van der Waals surface area (Å²) in [7, 11) is 0. The van der Waals surface area contributed by atoms with E-state index in [1.54, 1.807) is 24.3 Å². The third-order valence-corrected chi connectivity index (χ3v) is 1.37. The standard InChI is InChI=1S/C7H7FS/c8-7(9)6-4-2-1-3-5-6/h1-5,7,9H. The predicted molar refractivity (Wildman–Crippen MR) is 39.3 cm³/mol. The highest BCUT2D eigenvalue weighted by molar-refractivity contribution is 7.80. The molecule has 1 unspecified atom stereocenters. The molecule has 0 aliphatic rings. The first kappa shape index (κ1) is 6.62. The second kappa shape index (κ2) is 2.87. The molecule has 0 amide bonds. The fourth-order valence-electron chi connectivity index (χ4n) is 0.612. The van der Waals surface area contributed by atoms with E-state index >= 15 is 0 Å². The SMILES string of the molecule is FC(S)c1ccccc1. The summed E-state index contributed by atoms with van der Waals surface area (Å²) in [5.74, 6) is 0. The van der Waals surface area contributed by atoms with Gasteiger partial charge >= 0.3 is 0 Å². The Morgan fingerprint density at radius 1 is 1.22 bits per heavy atom. The molecule has 0 saturated heterocycles. The maximum absolute atomic E-state index is 12.3. The van der Waals surface area contributed by atoms with E-state index in [2.05, 4.69) is 12.6 Å². The summed E-state index contributed by atoms with van der Waals surface area (Å²) < 4.78 is 12.3. The molecule has 1 atom stereocenters. The molecule has 48 valence electrons. The lowest BCUT2D eigenvalue weighted by Crippen LogP contribution is -1.78. The third kappa shape index (κ3) is 1.72. The van der Waals surface area contributed by atoms with Crippen molar-refractivity contribution in [3.8, 4) is 0 Å². The Labute approximate surface area is 59.1 Å². The molecule has 0 bridgehead atoms. The highest BCUT2D eigenvalue weighted by Gasteiger charge is 1.98. The maximum atomic E-state index is 12.3. The Morgan fingerprint density at radius 2 is 1.78 bits per heavy atom. The van der Waals surface area contributed by atoms with Gasteiger partial charge in [-0.2, -0.15) is 0 Å². The van der Waals surface area contributed by atoms with Crippen molar-refractivity contribution in [2.24, 2.45) is 0 Å². The average molecular weight is 142 g/mol. The zero-order valence-electron chi connectivity index (χ0n) is 4.79. The van der Waals surface area contributed by atoms with Gasteiger partial charge in [0.15, 0.2) is 5.50 Å². The van der Waals surface area contributed by atoms with E-state index < -0.39 is 5.50 Å². The first-order chi connectivity index (χ1) is 4.30. The van der Waals surface area contributed by atoms with Crippen LogP contribution in [0.3, 0.4) is 0 Å². The predicted octanol–water partition coefficient (Wildman–Crippen LogP) is 2.58. The summed E-state index contributed by atoms with van der Waals surface area (Å²) in [6.45, 7) is 0. The van der Waals surface area contributed by atoms with Crippen LogP contribution in [0.1, 0.15) is 11.1 Å². The molecule has 0 N–H and O–H groups in total. The van der Waals surface area contributed by atoms with Crippen LogP contribution in [0.15, 0.2) is 30.3 Å². The zero-order chi connectivity index (χ0) is 6.69. The quantitative estimate of drug-likeness (QED) is 0.572. The molecule has 9 heavy (non-hydrogen) atoms. The molecule has 0 aliphatic heterocycles. The molecule has 0 fully saturated rings. The fraction of sp³-hybridized carbons (Fsp3) is 0.143. The molecule has 2 heteroatoms. The monoisotopic (exact) mass is 142 g/mol. The van der Waals surface area contributed by atoms with Gasteiger partial charge in [0.1, 0.15) is 0 Å². The maximum Gasteiger partial charge on any atom is 0.168 e. The van der Waals surface area contributed by atoms with Gasteiger partial charge in [-0.05, 0) is 5.56 Å². The van der Waals surface area contributed by atoms with Crippen molar-refractivity contribution in [3.05, 3.63) is 35.9 Å². The van der Waals surface area contributed by atoms with Crippen molar-refractivity contribution in [2.75, 3.05) is 0 Å².